The van der Waals surface area contributed by atoms with Crippen LogP contribution in [0.25, 0.3) is 0 Å². The number of nitrogen functional groups attached to an aromatic ring is 1. The number of hydrogen-bond acceptors (Lipinski definition) is 8. The zero-order valence-electron chi connectivity index (χ0n) is 15.6. The normalized spacial score (nSPS) is 14.3. The second kappa shape index (κ2) is 7.87. The van der Waals surface area contributed by atoms with Gasteiger partial charge in [0.15, 0.2) is 11.6 Å². The van der Waals surface area contributed by atoms with Crippen molar-refractivity contribution in [2.45, 2.75) is 13.0 Å². The Hall–Kier alpha value is -2.86. The molecule has 29 heavy (non-hydrogen) atoms. The van der Waals surface area contributed by atoms with Crippen LogP contribution in [0.4, 0.5) is 20.5 Å². The monoisotopic (exact) mass is 427 g/mol. The van der Waals surface area contributed by atoms with Gasteiger partial charge in [0, 0.05) is 19.3 Å². The van der Waals surface area contributed by atoms with E-state index in [1.165, 1.54) is 14.0 Å². The molecule has 0 atom stereocenters. The highest BCUT2D eigenvalue weighted by Crippen LogP contribution is 2.29. The van der Waals surface area contributed by atoms with Crippen molar-refractivity contribution in [2.24, 2.45) is 0 Å². The summed E-state index contributed by atoms with van der Waals surface area (Å²) in [6, 6.07) is 1.55. The van der Waals surface area contributed by atoms with Gasteiger partial charge in [-0.1, -0.05) is 0 Å². The van der Waals surface area contributed by atoms with Gasteiger partial charge in [-0.3, -0.25) is 4.79 Å². The number of rotatable bonds is 7. The van der Waals surface area contributed by atoms with Crippen LogP contribution in [0.15, 0.2) is 18.3 Å². The van der Waals surface area contributed by atoms with Crippen molar-refractivity contribution in [1.29, 1.82) is 0 Å². The summed E-state index contributed by atoms with van der Waals surface area (Å²) in [6.07, 6.45) is 0.994. The van der Waals surface area contributed by atoms with Crippen molar-refractivity contribution >= 4 is 27.6 Å². The number of carbonyl (C=O) groups is 1. The lowest BCUT2D eigenvalue weighted by molar-refractivity contribution is 0.103. The summed E-state index contributed by atoms with van der Waals surface area (Å²) in [5, 5.41) is 2.96. The quantitative estimate of drug-likeness (QED) is 0.619. The number of methoxy groups -OCH3 is 1. The molecule has 3 N–H and O–H groups in total. The number of anilines is 2. The van der Waals surface area contributed by atoms with E-state index in [1.54, 1.807) is 0 Å². The number of nitrogens with two attached hydrogens (primary N) is 1. The number of halogens is 2. The maximum atomic E-state index is 14.2. The van der Waals surface area contributed by atoms with E-state index in [1.807, 2.05) is 0 Å². The average molecular weight is 427 g/mol. The minimum atomic E-state index is -3.70. The molecule has 1 aromatic carbocycles. The summed E-state index contributed by atoms with van der Waals surface area (Å²) < 4.78 is 58.8. The first-order valence-corrected chi connectivity index (χ1v) is 10.2. The van der Waals surface area contributed by atoms with Crippen molar-refractivity contribution in [2.75, 3.05) is 36.0 Å². The minimum absolute atomic E-state index is 0.181. The summed E-state index contributed by atoms with van der Waals surface area (Å²) in [5.41, 5.74) is 4.89. The number of aromatic nitrogens is 2. The Morgan fingerprint density at radius 1 is 1.38 bits per heavy atom. The van der Waals surface area contributed by atoms with Crippen LogP contribution in [0.1, 0.15) is 22.8 Å². The summed E-state index contributed by atoms with van der Waals surface area (Å²) in [7, 11) is -2.50. The van der Waals surface area contributed by atoms with E-state index in [0.29, 0.717) is 13.1 Å². The van der Waals surface area contributed by atoms with Crippen molar-refractivity contribution in [1.82, 2.24) is 15.3 Å². The summed E-state index contributed by atoms with van der Waals surface area (Å²) >= 11 is 0. The number of ketones is 1. The highest BCUT2D eigenvalue weighted by Gasteiger charge is 2.35. The van der Waals surface area contributed by atoms with Crippen molar-refractivity contribution < 1.29 is 26.7 Å². The molecule has 12 heteroatoms. The van der Waals surface area contributed by atoms with E-state index in [0.717, 1.165) is 22.6 Å². The molecule has 3 rings (SSSR count). The van der Waals surface area contributed by atoms with Gasteiger partial charge in [0.1, 0.15) is 17.1 Å². The number of sulfonamides is 1. The fraction of sp³-hybridized carbons (Fsp3) is 0.353. The summed E-state index contributed by atoms with van der Waals surface area (Å²) in [6.45, 7) is 2.30. The smallest absolute Gasteiger partial charge is 0.241 e. The van der Waals surface area contributed by atoms with Gasteiger partial charge in [-0.15, -0.1) is 0 Å². The number of ether oxygens (including phenoxy) is 1. The molecule has 1 saturated heterocycles. The predicted molar refractivity (Wildman–Crippen MR) is 101 cm³/mol. The van der Waals surface area contributed by atoms with Gasteiger partial charge in [0.2, 0.25) is 21.8 Å². The number of benzene rings is 1. The van der Waals surface area contributed by atoms with Crippen LogP contribution >= 0.6 is 0 Å². The molecule has 2 aromatic rings. The van der Waals surface area contributed by atoms with E-state index in [2.05, 4.69) is 15.3 Å². The molecule has 1 aliphatic heterocycles. The lowest BCUT2D eigenvalue weighted by Gasteiger charge is -2.37. The fourth-order valence-corrected chi connectivity index (χ4v) is 4.03. The van der Waals surface area contributed by atoms with Gasteiger partial charge in [-0.25, -0.2) is 26.5 Å². The highest BCUT2D eigenvalue weighted by atomic mass is 32.2. The molecule has 1 aliphatic rings. The van der Waals surface area contributed by atoms with Crippen LogP contribution in [0.3, 0.4) is 0 Å². The van der Waals surface area contributed by atoms with Crippen molar-refractivity contribution in [3.8, 4) is 5.75 Å². The molecule has 0 spiro atoms. The molecule has 0 amide bonds. The standard InChI is InChI=1S/C17H19F2N5O4S/c1-3-29(26,27)24(9-6-21-7-9)17-22-8-10(16(20)23-17)15(25)13-12(28-2)5-4-11(18)14(13)19/h4-5,8-9,21H,3,6-7H2,1-2H3,(H2,20,22,23). The van der Waals surface area contributed by atoms with Gasteiger partial charge >= 0.3 is 0 Å². The van der Waals surface area contributed by atoms with Crippen LogP contribution in [0, 0.1) is 11.6 Å². The third-order valence-electron chi connectivity index (χ3n) is 4.51. The maximum absolute atomic E-state index is 14.2. The molecule has 0 radical (unpaired) electrons. The molecule has 0 aliphatic carbocycles. The van der Waals surface area contributed by atoms with Crippen molar-refractivity contribution in [3.05, 3.63) is 41.1 Å². The Labute approximate surface area is 165 Å². The third-order valence-corrected chi connectivity index (χ3v) is 6.30. The van der Waals surface area contributed by atoms with Gasteiger partial charge in [0.25, 0.3) is 0 Å². The van der Waals surface area contributed by atoms with E-state index in [4.69, 9.17) is 10.5 Å². The Morgan fingerprint density at radius 3 is 2.59 bits per heavy atom. The van der Waals surface area contributed by atoms with E-state index in [-0.39, 0.29) is 34.9 Å². The molecule has 2 heterocycles. The number of hydrogen-bond donors (Lipinski definition) is 2. The number of nitrogens with zero attached hydrogens (tertiary/aromatic N) is 3. The molecule has 9 nitrogen and oxygen atoms in total. The van der Waals surface area contributed by atoms with Crippen LogP contribution in [-0.4, -0.2) is 56.2 Å². The predicted octanol–water partition coefficient (Wildman–Crippen LogP) is 0.705. The zero-order valence-corrected chi connectivity index (χ0v) is 16.5. The summed E-state index contributed by atoms with van der Waals surface area (Å²) in [4.78, 5) is 20.7. The van der Waals surface area contributed by atoms with Gasteiger partial charge in [-0.2, -0.15) is 4.98 Å². The zero-order chi connectivity index (χ0) is 21.3. The fourth-order valence-electron chi connectivity index (χ4n) is 2.81. The SMILES string of the molecule is CCS(=O)(=O)N(c1ncc(C(=O)c2c(OC)ccc(F)c2F)c(N)n1)C1CNC1. The Bertz CT molecular complexity index is 1060. The van der Waals surface area contributed by atoms with Gasteiger partial charge in [-0.05, 0) is 19.1 Å². The van der Waals surface area contributed by atoms with Crippen LogP contribution in [0.5, 0.6) is 5.75 Å². The summed E-state index contributed by atoms with van der Waals surface area (Å²) in [5.74, 6) is -4.55. The lowest BCUT2D eigenvalue weighted by atomic mass is 10.0. The van der Waals surface area contributed by atoms with Gasteiger partial charge < -0.3 is 15.8 Å². The Kier molecular flexibility index (Phi) is 5.66. The van der Waals surface area contributed by atoms with E-state index in [9.17, 15) is 22.0 Å². The largest absolute Gasteiger partial charge is 0.496 e. The molecule has 0 saturated carbocycles. The Balaban J connectivity index is 2.04. The Morgan fingerprint density at radius 2 is 2.07 bits per heavy atom. The van der Waals surface area contributed by atoms with Crippen molar-refractivity contribution in [3.63, 3.8) is 0 Å². The second-order valence-electron chi connectivity index (χ2n) is 6.25. The van der Waals surface area contributed by atoms with E-state index >= 15 is 0 Å². The highest BCUT2D eigenvalue weighted by molar-refractivity contribution is 7.92. The third kappa shape index (κ3) is 3.72. The van der Waals surface area contributed by atoms with Crippen LogP contribution in [0.2, 0.25) is 0 Å². The molecule has 1 aromatic heterocycles. The van der Waals surface area contributed by atoms with Crippen LogP contribution < -0.4 is 20.1 Å². The molecule has 156 valence electrons. The lowest BCUT2D eigenvalue weighted by Crippen LogP contribution is -2.59. The molecule has 0 unspecified atom stereocenters. The average Bonchev–Trinajstić information content (AvgIpc) is 2.65. The first-order valence-electron chi connectivity index (χ1n) is 8.63. The molecule has 1 fully saturated rings. The number of carbonyl (C=O) groups excluding carboxylic acids is 1. The molecular formula is C17H19F2N5O4S. The minimum Gasteiger partial charge on any atom is -0.496 e. The first kappa shape index (κ1) is 20.9. The number of nitrogens with one attached hydrogen (secondary N) is 1. The topological polar surface area (TPSA) is 128 Å². The first-order chi connectivity index (χ1) is 13.7. The molecule has 0 bridgehead atoms. The second-order valence-corrected chi connectivity index (χ2v) is 8.38. The van der Waals surface area contributed by atoms with E-state index < -0.39 is 33.0 Å². The maximum Gasteiger partial charge on any atom is 0.241 e. The van der Waals surface area contributed by atoms with Gasteiger partial charge in [0.05, 0.1) is 24.5 Å². The van der Waals surface area contributed by atoms with Crippen LogP contribution in [-0.2, 0) is 10.0 Å². The molecular weight excluding hydrogens is 408 g/mol.